The molecule has 0 aromatic heterocycles. The molecule has 0 spiro atoms. The van der Waals surface area contributed by atoms with Gasteiger partial charge in [-0.15, -0.1) is 0 Å². The van der Waals surface area contributed by atoms with Gasteiger partial charge in [-0.25, -0.2) is 0 Å². The number of rotatable bonds is 14. The maximum Gasteiger partial charge on any atom is 0.119 e. The molecule has 0 aliphatic heterocycles. The maximum atomic E-state index is 9.73. The van der Waals surface area contributed by atoms with Gasteiger partial charge in [0.05, 0.1) is 0 Å². The molecule has 0 fully saturated rings. The van der Waals surface area contributed by atoms with Crippen LogP contribution in [0.1, 0.15) is 0 Å². The van der Waals surface area contributed by atoms with Crippen LogP contribution in [-0.2, 0) is 0 Å². The minimum atomic E-state index is -0.594. The fourth-order valence-corrected chi connectivity index (χ4v) is 1.88. The van der Waals surface area contributed by atoms with E-state index in [0.717, 1.165) is 0 Å². The zero-order valence-corrected chi connectivity index (χ0v) is 14.0. The summed E-state index contributed by atoms with van der Waals surface area (Å²) < 4.78 is 11.0. The van der Waals surface area contributed by atoms with Crippen molar-refractivity contribution in [2.75, 3.05) is 52.5 Å². The molecule has 24 heavy (non-hydrogen) atoms. The van der Waals surface area contributed by atoms with Crippen LogP contribution in [0.25, 0.3) is 0 Å². The van der Waals surface area contributed by atoms with E-state index in [2.05, 4.69) is 10.6 Å². The number of aliphatic hydroxyl groups excluding tert-OH is 2. The molecule has 1 aromatic carbocycles. The highest BCUT2D eigenvalue weighted by atomic mass is 16.5. The standard InChI is InChI=1S/C16H30N4O4/c17-5-7-19-9-13(21)11-23-15-1-2-16(4-3-15)24-12-14(22)10-20-8-6-18/h1-4,13-14,19-22H,5-12,17-18H2. The molecule has 0 heterocycles. The first-order valence-electron chi connectivity index (χ1n) is 8.19. The van der Waals surface area contributed by atoms with Crippen molar-refractivity contribution in [2.24, 2.45) is 11.5 Å². The smallest absolute Gasteiger partial charge is 0.119 e. The highest BCUT2D eigenvalue weighted by Gasteiger charge is 2.06. The Balaban J connectivity index is 2.22. The molecule has 8 heteroatoms. The van der Waals surface area contributed by atoms with E-state index in [4.69, 9.17) is 20.9 Å². The molecule has 2 unspecified atom stereocenters. The van der Waals surface area contributed by atoms with E-state index in [9.17, 15) is 10.2 Å². The van der Waals surface area contributed by atoms with Crippen LogP contribution in [0.5, 0.6) is 11.5 Å². The van der Waals surface area contributed by atoms with Gasteiger partial charge in [0.25, 0.3) is 0 Å². The van der Waals surface area contributed by atoms with E-state index in [1.165, 1.54) is 0 Å². The minimum absolute atomic E-state index is 0.198. The van der Waals surface area contributed by atoms with Gasteiger partial charge in [-0.2, -0.15) is 0 Å². The summed E-state index contributed by atoms with van der Waals surface area (Å²) in [5.41, 5.74) is 10.7. The topological polar surface area (TPSA) is 135 Å². The van der Waals surface area contributed by atoms with Crippen molar-refractivity contribution in [3.05, 3.63) is 24.3 Å². The molecule has 1 rings (SSSR count). The molecule has 0 aliphatic rings. The molecule has 0 aliphatic carbocycles. The fraction of sp³-hybridized carbons (Fsp3) is 0.625. The molecule has 1 aromatic rings. The zero-order chi connectivity index (χ0) is 17.6. The van der Waals surface area contributed by atoms with E-state index in [1.54, 1.807) is 24.3 Å². The van der Waals surface area contributed by atoms with Gasteiger partial charge in [0, 0.05) is 39.3 Å². The second-order valence-electron chi connectivity index (χ2n) is 5.39. The number of ether oxygens (including phenoxy) is 2. The molecule has 138 valence electrons. The molecule has 0 bridgehead atoms. The van der Waals surface area contributed by atoms with E-state index in [-0.39, 0.29) is 13.2 Å². The van der Waals surface area contributed by atoms with Gasteiger partial charge in [-0.1, -0.05) is 0 Å². The predicted molar refractivity (Wildman–Crippen MR) is 93.3 cm³/mol. The summed E-state index contributed by atoms with van der Waals surface area (Å²) in [5, 5.41) is 25.5. The van der Waals surface area contributed by atoms with Crippen LogP contribution < -0.4 is 31.6 Å². The van der Waals surface area contributed by atoms with Gasteiger partial charge < -0.3 is 41.8 Å². The zero-order valence-electron chi connectivity index (χ0n) is 14.0. The average Bonchev–Trinajstić information content (AvgIpc) is 2.59. The monoisotopic (exact) mass is 342 g/mol. The van der Waals surface area contributed by atoms with Crippen molar-refractivity contribution in [1.29, 1.82) is 0 Å². The molecule has 2 atom stereocenters. The first-order valence-corrected chi connectivity index (χ1v) is 8.19. The van der Waals surface area contributed by atoms with Crippen molar-refractivity contribution < 1.29 is 19.7 Å². The van der Waals surface area contributed by atoms with Gasteiger partial charge >= 0.3 is 0 Å². The second-order valence-corrected chi connectivity index (χ2v) is 5.39. The quantitative estimate of drug-likeness (QED) is 0.219. The lowest BCUT2D eigenvalue weighted by Gasteiger charge is -2.14. The first-order chi connectivity index (χ1) is 11.7. The third-order valence-corrected chi connectivity index (χ3v) is 3.11. The Hall–Kier alpha value is -1.42. The number of benzene rings is 1. The van der Waals surface area contributed by atoms with Crippen LogP contribution in [0.4, 0.5) is 0 Å². The Bertz CT molecular complexity index is 380. The normalized spacial score (nSPS) is 13.5. The van der Waals surface area contributed by atoms with Gasteiger partial charge in [0.15, 0.2) is 0 Å². The number of nitrogens with two attached hydrogens (primary N) is 2. The van der Waals surface area contributed by atoms with E-state index in [1.807, 2.05) is 0 Å². The van der Waals surface area contributed by atoms with Crippen LogP contribution in [0.15, 0.2) is 24.3 Å². The Morgan fingerprint density at radius 1 is 0.792 bits per heavy atom. The van der Waals surface area contributed by atoms with Crippen molar-refractivity contribution >= 4 is 0 Å². The van der Waals surface area contributed by atoms with Crippen molar-refractivity contribution in [3.8, 4) is 11.5 Å². The molecular formula is C16H30N4O4. The van der Waals surface area contributed by atoms with Crippen LogP contribution in [0.3, 0.4) is 0 Å². The summed E-state index contributed by atoms with van der Waals surface area (Å²) >= 11 is 0. The van der Waals surface area contributed by atoms with Gasteiger partial charge in [0.1, 0.15) is 36.9 Å². The van der Waals surface area contributed by atoms with Crippen LogP contribution in [-0.4, -0.2) is 74.9 Å². The molecule has 8 N–H and O–H groups in total. The van der Waals surface area contributed by atoms with Gasteiger partial charge in [0.2, 0.25) is 0 Å². The van der Waals surface area contributed by atoms with Crippen molar-refractivity contribution in [1.82, 2.24) is 10.6 Å². The third-order valence-electron chi connectivity index (χ3n) is 3.11. The molecule has 8 nitrogen and oxygen atoms in total. The Kier molecular flexibility index (Phi) is 11.1. The lowest BCUT2D eigenvalue weighted by molar-refractivity contribution is 0.105. The summed E-state index contributed by atoms with van der Waals surface area (Å²) in [7, 11) is 0. The Morgan fingerprint density at radius 2 is 1.17 bits per heavy atom. The second kappa shape index (κ2) is 12.9. The van der Waals surface area contributed by atoms with Gasteiger partial charge in [-0.3, -0.25) is 0 Å². The average molecular weight is 342 g/mol. The Labute approximate surface area is 143 Å². The van der Waals surface area contributed by atoms with Crippen LogP contribution >= 0.6 is 0 Å². The van der Waals surface area contributed by atoms with E-state index >= 15 is 0 Å². The molecular weight excluding hydrogens is 312 g/mol. The number of nitrogens with one attached hydrogen (secondary N) is 2. The highest BCUT2D eigenvalue weighted by molar-refractivity contribution is 5.31. The Morgan fingerprint density at radius 3 is 1.50 bits per heavy atom. The van der Waals surface area contributed by atoms with Crippen LogP contribution in [0, 0.1) is 0 Å². The molecule has 0 saturated heterocycles. The SMILES string of the molecule is NCCNCC(O)COc1ccc(OCC(O)CNCCN)cc1. The molecule has 0 saturated carbocycles. The van der Waals surface area contributed by atoms with Gasteiger partial charge in [-0.05, 0) is 24.3 Å². The van der Waals surface area contributed by atoms with Crippen molar-refractivity contribution in [3.63, 3.8) is 0 Å². The summed E-state index contributed by atoms with van der Waals surface area (Å²) in [6, 6.07) is 7.03. The van der Waals surface area contributed by atoms with Crippen molar-refractivity contribution in [2.45, 2.75) is 12.2 Å². The lowest BCUT2D eigenvalue weighted by Crippen LogP contribution is -2.34. The fourth-order valence-electron chi connectivity index (χ4n) is 1.88. The first kappa shape index (κ1) is 20.6. The highest BCUT2D eigenvalue weighted by Crippen LogP contribution is 2.17. The minimum Gasteiger partial charge on any atom is -0.491 e. The van der Waals surface area contributed by atoms with Crippen LogP contribution in [0.2, 0.25) is 0 Å². The predicted octanol–water partition coefficient (Wildman–Crippen LogP) is -1.74. The maximum absolute atomic E-state index is 9.73. The number of hydrogen-bond donors (Lipinski definition) is 6. The summed E-state index contributed by atoms with van der Waals surface area (Å²) in [6.45, 7) is 3.67. The van der Waals surface area contributed by atoms with E-state index < -0.39 is 12.2 Å². The largest absolute Gasteiger partial charge is 0.491 e. The summed E-state index contributed by atoms with van der Waals surface area (Å²) in [6.07, 6.45) is -1.19. The van der Waals surface area contributed by atoms with E-state index in [0.29, 0.717) is 50.8 Å². The number of aliphatic hydroxyl groups is 2. The summed E-state index contributed by atoms with van der Waals surface area (Å²) in [4.78, 5) is 0. The molecule has 0 radical (unpaired) electrons. The molecule has 0 amide bonds. The number of hydrogen-bond acceptors (Lipinski definition) is 8. The summed E-state index contributed by atoms with van der Waals surface area (Å²) in [5.74, 6) is 1.29. The third kappa shape index (κ3) is 9.66. The lowest BCUT2D eigenvalue weighted by atomic mass is 10.3.